The van der Waals surface area contributed by atoms with E-state index in [2.05, 4.69) is 25.6 Å². The third-order valence-corrected chi connectivity index (χ3v) is 5.82. The van der Waals surface area contributed by atoms with Crippen LogP contribution < -0.4 is 16.4 Å². The highest BCUT2D eigenvalue weighted by Crippen LogP contribution is 2.25. The Labute approximate surface area is 186 Å². The number of hydrogen-bond donors (Lipinski definition) is 3. The first kappa shape index (κ1) is 19.8. The van der Waals surface area contributed by atoms with E-state index in [0.29, 0.717) is 17.9 Å². The Morgan fingerprint density at radius 1 is 1.03 bits per heavy atom. The molecule has 0 aliphatic rings. The van der Waals surface area contributed by atoms with Gasteiger partial charge in [-0.3, -0.25) is 4.79 Å². The van der Waals surface area contributed by atoms with Crippen molar-refractivity contribution in [1.29, 1.82) is 0 Å². The Morgan fingerprint density at radius 3 is 2.69 bits per heavy atom. The Morgan fingerprint density at radius 2 is 1.84 bits per heavy atom. The van der Waals surface area contributed by atoms with E-state index in [0.717, 1.165) is 26.9 Å². The second kappa shape index (κ2) is 8.20. The molecule has 0 radical (unpaired) electrons. The van der Waals surface area contributed by atoms with E-state index >= 15 is 0 Å². The molecular weight excluding hydrogens is 427 g/mol. The van der Waals surface area contributed by atoms with Crippen molar-refractivity contribution in [2.24, 2.45) is 0 Å². The smallest absolute Gasteiger partial charge is 0.294 e. The Kier molecular flexibility index (Phi) is 5.08. The maximum absolute atomic E-state index is 13.2. The average molecular weight is 444 g/mol. The molecule has 0 fully saturated rings. The van der Waals surface area contributed by atoms with Gasteiger partial charge in [-0.2, -0.15) is 0 Å². The van der Waals surface area contributed by atoms with Crippen molar-refractivity contribution in [3.05, 3.63) is 83.4 Å². The van der Waals surface area contributed by atoms with E-state index < -0.39 is 5.91 Å². The largest absolute Gasteiger partial charge is 0.382 e. The standard InChI is InChI=1S/C23H17FN6OS/c24-14-5-7-15(8-6-14)26-12-18-16-4-2-1-3-13(16)11-19(27-18)29-23(31)22-28-17-9-10-32-20(17)21(25)30-22/h1-11,26H,12H2,(H2,25,28,30)(H,27,29,31). The van der Waals surface area contributed by atoms with Crippen LogP contribution in [-0.2, 0) is 6.54 Å². The second-order valence-electron chi connectivity index (χ2n) is 7.06. The normalized spacial score (nSPS) is 11.0. The van der Waals surface area contributed by atoms with Crippen molar-refractivity contribution in [2.75, 3.05) is 16.4 Å². The quantitative estimate of drug-likeness (QED) is 0.359. The predicted molar refractivity (Wildman–Crippen MR) is 125 cm³/mol. The van der Waals surface area contributed by atoms with Gasteiger partial charge < -0.3 is 16.4 Å². The van der Waals surface area contributed by atoms with Gasteiger partial charge in [0, 0.05) is 11.1 Å². The number of anilines is 3. The minimum absolute atomic E-state index is 0.0191. The number of carbonyl (C=O) groups is 1. The molecule has 5 rings (SSSR count). The summed E-state index contributed by atoms with van der Waals surface area (Å²) in [4.78, 5) is 25.9. The molecule has 7 nitrogen and oxygen atoms in total. The van der Waals surface area contributed by atoms with E-state index in [1.54, 1.807) is 24.3 Å². The van der Waals surface area contributed by atoms with Crippen molar-refractivity contribution in [3.8, 4) is 0 Å². The molecule has 0 atom stereocenters. The predicted octanol–water partition coefficient (Wildman–Crippen LogP) is 4.83. The first-order chi connectivity index (χ1) is 15.6. The number of aromatic nitrogens is 3. The summed E-state index contributed by atoms with van der Waals surface area (Å²) in [5.74, 6) is -0.172. The molecule has 0 bridgehead atoms. The SMILES string of the molecule is Nc1nc(C(=O)Nc2cc3ccccc3c(CNc3ccc(F)cc3)n2)nc2ccsc12. The van der Waals surface area contributed by atoms with Crippen LogP contribution in [0.5, 0.6) is 0 Å². The fourth-order valence-electron chi connectivity index (χ4n) is 3.38. The molecule has 4 N–H and O–H groups in total. The van der Waals surface area contributed by atoms with E-state index in [4.69, 9.17) is 5.73 Å². The van der Waals surface area contributed by atoms with Crippen LogP contribution in [0.4, 0.5) is 21.7 Å². The molecule has 0 spiro atoms. The minimum atomic E-state index is -0.495. The molecule has 1 amide bonds. The van der Waals surface area contributed by atoms with Gasteiger partial charge in [-0.25, -0.2) is 19.3 Å². The Hall–Kier alpha value is -4.11. The molecule has 32 heavy (non-hydrogen) atoms. The van der Waals surface area contributed by atoms with Crippen molar-refractivity contribution >= 4 is 55.6 Å². The number of benzene rings is 2. The Balaban J connectivity index is 1.44. The third kappa shape index (κ3) is 3.93. The van der Waals surface area contributed by atoms with Crippen LogP contribution in [0.1, 0.15) is 16.3 Å². The molecule has 2 aromatic carbocycles. The molecule has 0 unspecified atom stereocenters. The van der Waals surface area contributed by atoms with Crippen LogP contribution in [0.3, 0.4) is 0 Å². The van der Waals surface area contributed by atoms with Crippen LogP contribution in [0, 0.1) is 5.82 Å². The minimum Gasteiger partial charge on any atom is -0.382 e. The number of nitrogen functional groups attached to an aromatic ring is 1. The van der Waals surface area contributed by atoms with Crippen molar-refractivity contribution in [1.82, 2.24) is 15.0 Å². The van der Waals surface area contributed by atoms with E-state index in [1.165, 1.54) is 23.5 Å². The highest BCUT2D eigenvalue weighted by molar-refractivity contribution is 7.17. The summed E-state index contributed by atoms with van der Waals surface area (Å²) in [5, 5.41) is 9.72. The number of fused-ring (bicyclic) bond motifs is 2. The van der Waals surface area contributed by atoms with Gasteiger partial charge in [-0.05, 0) is 47.2 Å². The number of nitrogens with two attached hydrogens (primary N) is 1. The van der Waals surface area contributed by atoms with E-state index in [9.17, 15) is 9.18 Å². The van der Waals surface area contributed by atoms with Crippen LogP contribution >= 0.6 is 11.3 Å². The molecule has 158 valence electrons. The monoisotopic (exact) mass is 444 g/mol. The summed E-state index contributed by atoms with van der Waals surface area (Å²) in [6, 6.07) is 17.4. The molecule has 0 saturated carbocycles. The lowest BCUT2D eigenvalue weighted by atomic mass is 10.1. The molecule has 3 heterocycles. The summed E-state index contributed by atoms with van der Waals surface area (Å²) in [6.07, 6.45) is 0. The molecule has 0 saturated heterocycles. The lowest BCUT2D eigenvalue weighted by Crippen LogP contribution is -2.18. The zero-order valence-corrected chi connectivity index (χ0v) is 17.5. The molecule has 5 aromatic rings. The summed E-state index contributed by atoms with van der Waals surface area (Å²) >= 11 is 1.42. The summed E-state index contributed by atoms with van der Waals surface area (Å²) in [5.41, 5.74) is 8.09. The molecule has 3 aromatic heterocycles. The summed E-state index contributed by atoms with van der Waals surface area (Å²) in [6.45, 7) is 0.389. The number of thiophene rings is 1. The molecule has 0 aliphatic carbocycles. The van der Waals surface area contributed by atoms with Gasteiger partial charge in [0.2, 0.25) is 5.82 Å². The second-order valence-corrected chi connectivity index (χ2v) is 7.97. The van der Waals surface area contributed by atoms with E-state index in [-0.39, 0.29) is 17.5 Å². The fraction of sp³-hybridized carbons (Fsp3) is 0.0435. The topological polar surface area (TPSA) is 106 Å². The van der Waals surface area contributed by atoms with Gasteiger partial charge in [0.25, 0.3) is 5.91 Å². The fourth-order valence-corrected chi connectivity index (χ4v) is 4.12. The maximum atomic E-state index is 13.2. The molecular formula is C23H17FN6OS. The highest BCUT2D eigenvalue weighted by atomic mass is 32.1. The van der Waals surface area contributed by atoms with Gasteiger partial charge in [-0.15, -0.1) is 11.3 Å². The third-order valence-electron chi connectivity index (χ3n) is 4.90. The number of halogens is 1. The first-order valence-corrected chi connectivity index (χ1v) is 10.6. The number of nitrogens with zero attached hydrogens (tertiary/aromatic N) is 3. The number of nitrogens with one attached hydrogen (secondary N) is 2. The Bertz CT molecular complexity index is 1450. The van der Waals surface area contributed by atoms with Gasteiger partial charge in [0.05, 0.1) is 22.5 Å². The van der Waals surface area contributed by atoms with E-state index in [1.807, 2.05) is 29.6 Å². The number of carbonyl (C=O) groups excluding carboxylic acids is 1. The lowest BCUT2D eigenvalue weighted by Gasteiger charge is -2.12. The van der Waals surface area contributed by atoms with Gasteiger partial charge >= 0.3 is 0 Å². The first-order valence-electron chi connectivity index (χ1n) is 9.77. The average Bonchev–Trinajstić information content (AvgIpc) is 3.28. The van der Waals surface area contributed by atoms with Crippen LogP contribution in [0.15, 0.2) is 66.0 Å². The van der Waals surface area contributed by atoms with Crippen molar-refractivity contribution in [2.45, 2.75) is 6.54 Å². The number of amides is 1. The zero-order valence-electron chi connectivity index (χ0n) is 16.7. The van der Waals surface area contributed by atoms with Crippen LogP contribution in [0.25, 0.3) is 21.0 Å². The zero-order chi connectivity index (χ0) is 22.1. The summed E-state index contributed by atoms with van der Waals surface area (Å²) in [7, 11) is 0. The van der Waals surface area contributed by atoms with Gasteiger partial charge in [0.1, 0.15) is 17.5 Å². The van der Waals surface area contributed by atoms with Crippen LogP contribution in [0.2, 0.25) is 0 Å². The number of pyridine rings is 1. The van der Waals surface area contributed by atoms with Gasteiger partial charge in [0.15, 0.2) is 0 Å². The maximum Gasteiger partial charge on any atom is 0.294 e. The lowest BCUT2D eigenvalue weighted by molar-refractivity contribution is 0.101. The van der Waals surface area contributed by atoms with Crippen LogP contribution in [-0.4, -0.2) is 20.9 Å². The number of rotatable bonds is 5. The van der Waals surface area contributed by atoms with Gasteiger partial charge in [-0.1, -0.05) is 24.3 Å². The molecule has 9 heteroatoms. The van der Waals surface area contributed by atoms with Crippen molar-refractivity contribution < 1.29 is 9.18 Å². The highest BCUT2D eigenvalue weighted by Gasteiger charge is 2.15. The summed E-state index contributed by atoms with van der Waals surface area (Å²) < 4.78 is 13.9. The van der Waals surface area contributed by atoms with Crippen molar-refractivity contribution in [3.63, 3.8) is 0 Å². The molecule has 0 aliphatic heterocycles. The number of hydrogen-bond acceptors (Lipinski definition) is 7.